The maximum Gasteiger partial charge on any atom is 0.152 e. The van der Waals surface area contributed by atoms with Gasteiger partial charge < -0.3 is 10.6 Å². The van der Waals surface area contributed by atoms with Gasteiger partial charge >= 0.3 is 0 Å². The first-order valence-corrected chi connectivity index (χ1v) is 7.92. The second kappa shape index (κ2) is 4.76. The summed E-state index contributed by atoms with van der Waals surface area (Å²) in [5.74, 6) is 0.447. The molecule has 0 saturated carbocycles. The summed E-state index contributed by atoms with van der Waals surface area (Å²) in [6.45, 7) is 4.79. The predicted molar refractivity (Wildman–Crippen MR) is 73.7 cm³/mol. The second-order valence-corrected chi connectivity index (χ2v) is 7.20. The van der Waals surface area contributed by atoms with Crippen LogP contribution in [0.15, 0.2) is 18.5 Å². The number of rotatable bonds is 4. The van der Waals surface area contributed by atoms with Crippen molar-refractivity contribution in [2.75, 3.05) is 28.7 Å². The molecule has 0 amide bonds. The van der Waals surface area contributed by atoms with Gasteiger partial charge in [0.05, 0.1) is 35.3 Å². The summed E-state index contributed by atoms with van der Waals surface area (Å²) in [6.07, 6.45) is 4.11. The number of hydrogen-bond acceptors (Lipinski definition) is 5. The van der Waals surface area contributed by atoms with E-state index in [0.29, 0.717) is 6.42 Å². The van der Waals surface area contributed by atoms with E-state index in [9.17, 15) is 8.42 Å². The van der Waals surface area contributed by atoms with Crippen molar-refractivity contribution < 1.29 is 8.42 Å². The fourth-order valence-electron chi connectivity index (χ4n) is 2.27. The fourth-order valence-corrected chi connectivity index (χ4v) is 4.36. The van der Waals surface area contributed by atoms with Crippen LogP contribution >= 0.6 is 0 Å². The Morgan fingerprint density at radius 1 is 1.39 bits per heavy atom. The van der Waals surface area contributed by atoms with E-state index < -0.39 is 9.84 Å². The van der Waals surface area contributed by atoms with Crippen LogP contribution in [0.4, 0.5) is 11.4 Å². The Labute approximate surface area is 108 Å². The maximum atomic E-state index is 11.5. The predicted octanol–water partition coefficient (Wildman–Crippen LogP) is 1.50. The van der Waals surface area contributed by atoms with Crippen molar-refractivity contribution in [3.8, 4) is 0 Å². The highest BCUT2D eigenvalue weighted by atomic mass is 32.2. The van der Waals surface area contributed by atoms with Crippen LogP contribution in [-0.4, -0.2) is 37.0 Å². The third-order valence-corrected chi connectivity index (χ3v) is 4.97. The van der Waals surface area contributed by atoms with Crippen LogP contribution in [0.3, 0.4) is 0 Å². The minimum atomic E-state index is -2.89. The van der Waals surface area contributed by atoms with E-state index in [1.165, 1.54) is 0 Å². The molecule has 1 fully saturated rings. The van der Waals surface area contributed by atoms with Gasteiger partial charge in [-0.3, -0.25) is 4.98 Å². The summed E-state index contributed by atoms with van der Waals surface area (Å²) in [6, 6.07) is 1.95. The second-order valence-electron chi connectivity index (χ2n) is 5.02. The van der Waals surface area contributed by atoms with Crippen molar-refractivity contribution >= 4 is 21.2 Å². The van der Waals surface area contributed by atoms with Gasteiger partial charge in [-0.1, -0.05) is 0 Å². The van der Waals surface area contributed by atoms with E-state index in [2.05, 4.69) is 15.6 Å². The van der Waals surface area contributed by atoms with Crippen molar-refractivity contribution in [1.29, 1.82) is 0 Å². The van der Waals surface area contributed by atoms with Gasteiger partial charge in [0.1, 0.15) is 0 Å². The molecule has 2 N–H and O–H groups in total. The Hall–Kier alpha value is -1.30. The molecule has 18 heavy (non-hydrogen) atoms. The van der Waals surface area contributed by atoms with Crippen LogP contribution in [-0.2, 0) is 9.84 Å². The van der Waals surface area contributed by atoms with Gasteiger partial charge in [-0.15, -0.1) is 0 Å². The molecule has 2 heterocycles. The van der Waals surface area contributed by atoms with Gasteiger partial charge in [0.2, 0.25) is 0 Å². The van der Waals surface area contributed by atoms with Gasteiger partial charge in [-0.05, 0) is 26.3 Å². The number of aromatic nitrogens is 1. The summed E-state index contributed by atoms with van der Waals surface area (Å²) >= 11 is 0. The molecule has 0 spiro atoms. The summed E-state index contributed by atoms with van der Waals surface area (Å²) in [4.78, 5) is 4.14. The number of nitrogens with zero attached hydrogens (tertiary/aromatic N) is 1. The molecule has 0 aromatic carbocycles. The molecule has 0 radical (unpaired) electrons. The molecule has 1 atom stereocenters. The standard InChI is InChI=1S/C12H19N3O2S/c1-3-14-10-6-11(8-13-7-10)15-12(2)4-5-18(16,17)9-12/h6-8,14-15H,3-5,9H2,1-2H3. The van der Waals surface area contributed by atoms with E-state index in [1.807, 2.05) is 19.9 Å². The van der Waals surface area contributed by atoms with Gasteiger partial charge in [0.15, 0.2) is 9.84 Å². The molecule has 1 aliphatic heterocycles. The van der Waals surface area contributed by atoms with Gasteiger partial charge in [0, 0.05) is 12.1 Å². The fraction of sp³-hybridized carbons (Fsp3) is 0.583. The Morgan fingerprint density at radius 2 is 2.11 bits per heavy atom. The van der Waals surface area contributed by atoms with Crippen LogP contribution in [0.5, 0.6) is 0 Å². The molecule has 1 aromatic rings. The highest BCUT2D eigenvalue weighted by Crippen LogP contribution is 2.27. The van der Waals surface area contributed by atoms with Gasteiger partial charge in [0.25, 0.3) is 0 Å². The first-order chi connectivity index (χ1) is 8.42. The molecule has 2 rings (SSSR count). The van der Waals surface area contributed by atoms with E-state index in [-0.39, 0.29) is 17.0 Å². The Balaban J connectivity index is 2.12. The monoisotopic (exact) mass is 269 g/mol. The smallest absolute Gasteiger partial charge is 0.152 e. The Kier molecular flexibility index (Phi) is 3.47. The third kappa shape index (κ3) is 3.13. The van der Waals surface area contributed by atoms with Crippen LogP contribution in [0.25, 0.3) is 0 Å². The Morgan fingerprint density at radius 3 is 2.72 bits per heavy atom. The molecule has 6 heteroatoms. The maximum absolute atomic E-state index is 11.5. The van der Waals surface area contributed by atoms with Gasteiger partial charge in [-0.25, -0.2) is 8.42 Å². The van der Waals surface area contributed by atoms with Crippen molar-refractivity contribution in [3.63, 3.8) is 0 Å². The lowest BCUT2D eigenvalue weighted by molar-refractivity contribution is 0.574. The average Bonchev–Trinajstić information content (AvgIpc) is 2.53. The van der Waals surface area contributed by atoms with E-state index >= 15 is 0 Å². The van der Waals surface area contributed by atoms with Crippen LogP contribution in [0, 0.1) is 0 Å². The van der Waals surface area contributed by atoms with E-state index in [1.54, 1.807) is 12.4 Å². The SMILES string of the molecule is CCNc1cncc(NC2(C)CCS(=O)(=O)C2)c1. The molecular formula is C12H19N3O2S. The molecule has 1 unspecified atom stereocenters. The molecule has 0 aliphatic carbocycles. The normalized spacial score (nSPS) is 25.9. The summed E-state index contributed by atoms with van der Waals surface area (Å²) < 4.78 is 23.1. The first kappa shape index (κ1) is 13.1. The molecule has 5 nitrogen and oxygen atoms in total. The third-order valence-electron chi connectivity index (χ3n) is 3.07. The molecule has 1 aromatic heterocycles. The van der Waals surface area contributed by atoms with Crippen molar-refractivity contribution in [2.45, 2.75) is 25.8 Å². The average molecular weight is 269 g/mol. The highest BCUT2D eigenvalue weighted by molar-refractivity contribution is 7.91. The topological polar surface area (TPSA) is 71.1 Å². The summed E-state index contributed by atoms with van der Waals surface area (Å²) in [5, 5.41) is 6.47. The van der Waals surface area contributed by atoms with Crippen molar-refractivity contribution in [1.82, 2.24) is 4.98 Å². The lowest BCUT2D eigenvalue weighted by Crippen LogP contribution is -2.35. The zero-order valence-corrected chi connectivity index (χ0v) is 11.5. The van der Waals surface area contributed by atoms with Crippen LogP contribution in [0.1, 0.15) is 20.3 Å². The summed E-state index contributed by atoms with van der Waals surface area (Å²) in [5.41, 5.74) is 1.41. The number of sulfone groups is 1. The molecule has 0 bridgehead atoms. The summed E-state index contributed by atoms with van der Waals surface area (Å²) in [7, 11) is -2.89. The number of nitrogens with one attached hydrogen (secondary N) is 2. The number of anilines is 2. The van der Waals surface area contributed by atoms with E-state index in [4.69, 9.17) is 0 Å². The van der Waals surface area contributed by atoms with E-state index in [0.717, 1.165) is 17.9 Å². The van der Waals surface area contributed by atoms with Crippen molar-refractivity contribution in [3.05, 3.63) is 18.5 Å². The minimum absolute atomic E-state index is 0.186. The largest absolute Gasteiger partial charge is 0.384 e. The quantitative estimate of drug-likeness (QED) is 0.867. The first-order valence-electron chi connectivity index (χ1n) is 6.10. The lowest BCUT2D eigenvalue weighted by atomic mass is 10.0. The lowest BCUT2D eigenvalue weighted by Gasteiger charge is -2.25. The number of hydrogen-bond donors (Lipinski definition) is 2. The van der Waals surface area contributed by atoms with Crippen molar-refractivity contribution in [2.24, 2.45) is 0 Å². The van der Waals surface area contributed by atoms with Crippen LogP contribution < -0.4 is 10.6 Å². The Bertz CT molecular complexity index is 530. The highest BCUT2D eigenvalue weighted by Gasteiger charge is 2.38. The minimum Gasteiger partial charge on any atom is -0.384 e. The molecule has 1 aliphatic rings. The van der Waals surface area contributed by atoms with Crippen LogP contribution in [0.2, 0.25) is 0 Å². The number of pyridine rings is 1. The molecular weight excluding hydrogens is 250 g/mol. The molecule has 1 saturated heterocycles. The van der Waals surface area contributed by atoms with Gasteiger partial charge in [-0.2, -0.15) is 0 Å². The zero-order chi connectivity index (χ0) is 13.2. The zero-order valence-electron chi connectivity index (χ0n) is 10.7. The molecule has 100 valence electrons.